The highest BCUT2D eigenvalue weighted by atomic mass is 19.2. The van der Waals surface area contributed by atoms with Crippen LogP contribution in [0.15, 0.2) is 72.3 Å². The van der Waals surface area contributed by atoms with Crippen molar-refractivity contribution in [3.63, 3.8) is 0 Å². The second-order valence-electron chi connectivity index (χ2n) is 7.66. The second kappa shape index (κ2) is 8.11. The van der Waals surface area contributed by atoms with E-state index < -0.39 is 29.4 Å². The van der Waals surface area contributed by atoms with Crippen molar-refractivity contribution in [2.75, 3.05) is 12.0 Å². The van der Waals surface area contributed by atoms with Crippen molar-refractivity contribution in [1.29, 1.82) is 0 Å². The van der Waals surface area contributed by atoms with E-state index in [2.05, 4.69) is 9.97 Å². The number of ketones is 1. The van der Waals surface area contributed by atoms with E-state index in [0.717, 1.165) is 17.0 Å². The Morgan fingerprint density at radius 2 is 1.76 bits per heavy atom. The van der Waals surface area contributed by atoms with Crippen molar-refractivity contribution >= 4 is 34.4 Å². The summed E-state index contributed by atoms with van der Waals surface area (Å²) in [7, 11) is 1.47. The Bertz CT molecular complexity index is 1440. The quantitative estimate of drug-likeness (QED) is 0.266. The van der Waals surface area contributed by atoms with Crippen molar-refractivity contribution in [1.82, 2.24) is 9.97 Å². The van der Waals surface area contributed by atoms with Gasteiger partial charge in [0.15, 0.2) is 11.6 Å². The van der Waals surface area contributed by atoms with E-state index in [9.17, 15) is 23.5 Å². The normalized spacial score (nSPS) is 17.5. The predicted octanol–water partition coefficient (Wildman–Crippen LogP) is 4.48. The van der Waals surface area contributed by atoms with Crippen molar-refractivity contribution in [2.24, 2.45) is 0 Å². The number of aromatic nitrogens is 2. The van der Waals surface area contributed by atoms with Crippen LogP contribution in [0, 0.1) is 11.6 Å². The highest BCUT2D eigenvalue weighted by Crippen LogP contribution is 2.42. The summed E-state index contributed by atoms with van der Waals surface area (Å²) in [5.74, 6) is -4.04. The number of H-pyrrole nitrogens is 1. The zero-order valence-corrected chi connectivity index (χ0v) is 17.8. The van der Waals surface area contributed by atoms with Crippen LogP contribution in [0.5, 0.6) is 5.75 Å². The van der Waals surface area contributed by atoms with Gasteiger partial charge in [-0.3, -0.25) is 14.5 Å². The Balaban J connectivity index is 1.75. The van der Waals surface area contributed by atoms with Crippen molar-refractivity contribution < 1.29 is 28.2 Å². The number of aromatic amines is 1. The SMILES string of the molecule is COc1cccc(C2/C(=C(\O)c3ccccc3)C(=O)C(=O)N2c2nc3cc(F)c(F)cc3[nH]2)c1. The Kier molecular flexibility index (Phi) is 5.09. The standard InChI is InChI=1S/C25H17F2N3O4/c1-34-15-9-5-8-14(10-15)21-20(22(31)13-6-3-2-4-7-13)23(32)24(33)30(21)25-28-18-11-16(26)17(27)12-19(18)29-25/h2-12,21,31H,1H3,(H,28,29)/b22-20+. The molecule has 1 atom stereocenters. The molecule has 7 nitrogen and oxygen atoms in total. The van der Waals surface area contributed by atoms with Crippen molar-refractivity contribution in [2.45, 2.75) is 6.04 Å². The molecule has 0 aliphatic carbocycles. The van der Waals surface area contributed by atoms with Crippen LogP contribution in [0.2, 0.25) is 0 Å². The number of carbonyl (C=O) groups excluding carboxylic acids is 2. The van der Waals surface area contributed by atoms with E-state index in [0.29, 0.717) is 16.9 Å². The van der Waals surface area contributed by atoms with Crippen molar-refractivity contribution in [3.8, 4) is 5.75 Å². The molecule has 2 N–H and O–H groups in total. The maximum atomic E-state index is 13.7. The summed E-state index contributed by atoms with van der Waals surface area (Å²) in [5, 5.41) is 11.1. The number of ether oxygens (including phenoxy) is 1. The van der Waals surface area contributed by atoms with Gasteiger partial charge in [-0.25, -0.2) is 13.8 Å². The smallest absolute Gasteiger partial charge is 0.302 e. The van der Waals surface area contributed by atoms with E-state index in [-0.39, 0.29) is 28.3 Å². The number of nitrogens with one attached hydrogen (secondary N) is 1. The van der Waals surface area contributed by atoms with Gasteiger partial charge in [0.1, 0.15) is 11.5 Å². The first kappa shape index (κ1) is 21.3. The zero-order chi connectivity index (χ0) is 24.0. The lowest BCUT2D eigenvalue weighted by molar-refractivity contribution is -0.132. The number of aliphatic hydroxyl groups is 1. The number of aliphatic hydroxyl groups excluding tert-OH is 1. The molecular weight excluding hydrogens is 444 g/mol. The third-order valence-electron chi connectivity index (χ3n) is 5.64. The number of hydrogen-bond acceptors (Lipinski definition) is 5. The number of nitrogens with zero attached hydrogens (tertiary/aromatic N) is 2. The molecule has 1 fully saturated rings. The topological polar surface area (TPSA) is 95.5 Å². The molecule has 5 rings (SSSR count). The van der Waals surface area contributed by atoms with Gasteiger partial charge in [0.05, 0.1) is 29.8 Å². The van der Waals surface area contributed by atoms with Gasteiger partial charge in [0.2, 0.25) is 5.95 Å². The lowest BCUT2D eigenvalue weighted by atomic mass is 9.95. The van der Waals surface area contributed by atoms with Crippen LogP contribution >= 0.6 is 0 Å². The first-order chi connectivity index (χ1) is 16.4. The average Bonchev–Trinajstić information content (AvgIpc) is 3.37. The van der Waals surface area contributed by atoms with Crippen LogP contribution in [-0.4, -0.2) is 33.9 Å². The fraction of sp³-hybridized carbons (Fsp3) is 0.0800. The van der Waals surface area contributed by atoms with E-state index >= 15 is 0 Å². The summed E-state index contributed by atoms with van der Waals surface area (Å²) in [6, 6.07) is 15.8. The minimum Gasteiger partial charge on any atom is -0.507 e. The van der Waals surface area contributed by atoms with Crippen molar-refractivity contribution in [3.05, 3.63) is 95.1 Å². The van der Waals surface area contributed by atoms with Gasteiger partial charge < -0.3 is 14.8 Å². The molecule has 1 aliphatic heterocycles. The van der Waals surface area contributed by atoms with E-state index in [1.165, 1.54) is 7.11 Å². The van der Waals surface area contributed by atoms with Gasteiger partial charge in [-0.1, -0.05) is 42.5 Å². The lowest BCUT2D eigenvalue weighted by Crippen LogP contribution is -2.30. The number of anilines is 1. The summed E-state index contributed by atoms with van der Waals surface area (Å²) in [6.45, 7) is 0. The predicted molar refractivity (Wildman–Crippen MR) is 120 cm³/mol. The number of halogens is 2. The fourth-order valence-electron chi connectivity index (χ4n) is 4.04. The number of methoxy groups -OCH3 is 1. The summed E-state index contributed by atoms with van der Waals surface area (Å²) in [4.78, 5) is 34.4. The Morgan fingerprint density at radius 3 is 2.50 bits per heavy atom. The van der Waals surface area contributed by atoms with Crippen LogP contribution in [0.1, 0.15) is 17.2 Å². The van der Waals surface area contributed by atoms with Gasteiger partial charge in [0, 0.05) is 17.7 Å². The molecule has 1 amide bonds. The van der Waals surface area contributed by atoms with Gasteiger partial charge in [-0.15, -0.1) is 0 Å². The first-order valence-electron chi connectivity index (χ1n) is 10.2. The molecule has 3 aromatic carbocycles. The second-order valence-corrected chi connectivity index (χ2v) is 7.66. The monoisotopic (exact) mass is 461 g/mol. The third-order valence-corrected chi connectivity index (χ3v) is 5.64. The molecule has 1 aromatic heterocycles. The molecule has 9 heteroatoms. The molecule has 34 heavy (non-hydrogen) atoms. The molecule has 0 spiro atoms. The molecule has 170 valence electrons. The number of Topliss-reactive ketones (excluding diaryl/α,β-unsaturated/α-hetero) is 1. The van der Waals surface area contributed by atoms with E-state index in [4.69, 9.17) is 4.74 Å². The molecular formula is C25H17F2N3O4. The molecule has 2 heterocycles. The number of hydrogen-bond donors (Lipinski definition) is 2. The fourth-order valence-corrected chi connectivity index (χ4v) is 4.04. The summed E-state index contributed by atoms with van der Waals surface area (Å²) in [6.07, 6.45) is 0. The summed E-state index contributed by atoms with van der Waals surface area (Å²) in [5.41, 5.74) is 0.879. The van der Waals surface area contributed by atoms with E-state index in [1.54, 1.807) is 54.6 Å². The minimum atomic E-state index is -1.10. The number of rotatable bonds is 4. The average molecular weight is 461 g/mol. The molecule has 1 saturated heterocycles. The van der Waals surface area contributed by atoms with Crippen LogP contribution in [0.4, 0.5) is 14.7 Å². The maximum Gasteiger partial charge on any atom is 0.302 e. The van der Waals surface area contributed by atoms with Gasteiger partial charge in [-0.2, -0.15) is 0 Å². The van der Waals surface area contributed by atoms with Gasteiger partial charge in [-0.05, 0) is 17.7 Å². The van der Waals surface area contributed by atoms with Gasteiger partial charge in [0.25, 0.3) is 5.78 Å². The highest BCUT2D eigenvalue weighted by molar-refractivity contribution is 6.51. The summed E-state index contributed by atoms with van der Waals surface area (Å²) >= 11 is 0. The first-order valence-corrected chi connectivity index (χ1v) is 10.2. The highest BCUT2D eigenvalue weighted by Gasteiger charge is 2.48. The summed E-state index contributed by atoms with van der Waals surface area (Å²) < 4.78 is 32.8. The number of amides is 1. The van der Waals surface area contributed by atoms with Crippen LogP contribution in [0.3, 0.4) is 0 Å². The maximum absolute atomic E-state index is 13.7. The van der Waals surface area contributed by atoms with Crippen LogP contribution in [-0.2, 0) is 9.59 Å². The van der Waals surface area contributed by atoms with Crippen LogP contribution < -0.4 is 9.64 Å². The lowest BCUT2D eigenvalue weighted by Gasteiger charge is -2.23. The molecule has 1 aliphatic rings. The number of benzene rings is 3. The Hall–Kier alpha value is -4.53. The minimum absolute atomic E-state index is 0.0725. The number of fused-ring (bicyclic) bond motifs is 1. The van der Waals surface area contributed by atoms with E-state index in [1.807, 2.05) is 0 Å². The molecule has 1 unspecified atom stereocenters. The number of carbonyl (C=O) groups is 2. The number of imidazole rings is 1. The zero-order valence-electron chi connectivity index (χ0n) is 17.8. The Morgan fingerprint density at radius 1 is 1.03 bits per heavy atom. The Labute approximate surface area is 191 Å². The molecule has 0 saturated carbocycles. The molecule has 4 aromatic rings. The van der Waals surface area contributed by atoms with Gasteiger partial charge >= 0.3 is 5.91 Å². The largest absolute Gasteiger partial charge is 0.507 e. The molecule has 0 radical (unpaired) electrons. The third kappa shape index (κ3) is 3.38. The van der Waals surface area contributed by atoms with Crippen LogP contribution in [0.25, 0.3) is 16.8 Å². The molecule has 0 bridgehead atoms.